The van der Waals surface area contributed by atoms with Gasteiger partial charge in [0, 0.05) is 6.54 Å². The number of benzene rings is 1. The zero-order valence-corrected chi connectivity index (χ0v) is 13.1. The van der Waals surface area contributed by atoms with Crippen LogP contribution in [0.4, 0.5) is 0 Å². The number of hydrogen-bond acceptors (Lipinski definition) is 4. The van der Waals surface area contributed by atoms with Crippen molar-refractivity contribution in [3.05, 3.63) is 29.6 Å². The third-order valence-electron chi connectivity index (χ3n) is 3.97. The summed E-state index contributed by atoms with van der Waals surface area (Å²) in [6.45, 7) is 7.93. The number of aliphatic hydroxyl groups is 1. The van der Waals surface area contributed by atoms with Gasteiger partial charge in [-0.15, -0.1) is 0 Å². The van der Waals surface area contributed by atoms with Crippen LogP contribution >= 0.6 is 0 Å². The lowest BCUT2D eigenvalue weighted by Gasteiger charge is -2.18. The molecular formula is C16H23N3O3. The highest BCUT2D eigenvalue weighted by Crippen LogP contribution is 2.19. The number of nitrogens with zero attached hydrogens (tertiary/aromatic N) is 3. The second-order valence-corrected chi connectivity index (χ2v) is 5.23. The summed E-state index contributed by atoms with van der Waals surface area (Å²) in [5.74, 6) is -0.388. The molecule has 0 spiro atoms. The molecule has 0 aliphatic heterocycles. The van der Waals surface area contributed by atoms with Crippen LogP contribution in [0.15, 0.2) is 18.2 Å². The monoisotopic (exact) mass is 305 g/mol. The minimum Gasteiger partial charge on any atom is -0.478 e. The molecule has 6 nitrogen and oxygen atoms in total. The average molecular weight is 305 g/mol. The van der Waals surface area contributed by atoms with Gasteiger partial charge in [-0.2, -0.15) is 0 Å². The molecule has 2 rings (SSSR count). The zero-order chi connectivity index (χ0) is 16.1. The van der Waals surface area contributed by atoms with Crippen molar-refractivity contribution in [2.75, 3.05) is 19.6 Å². The standard InChI is InChI=1S/C16H23N3O3/c1-3-18(4-2)8-5-9-19-14-7-6-12(16(21)22)10-13(14)17-15(19)11-20/h6-7,10,20H,3-5,8-9,11H2,1-2H3,(H,21,22). The quantitative estimate of drug-likeness (QED) is 0.779. The summed E-state index contributed by atoms with van der Waals surface area (Å²) in [5.41, 5.74) is 1.70. The van der Waals surface area contributed by atoms with E-state index in [2.05, 4.69) is 23.7 Å². The van der Waals surface area contributed by atoms with Crippen LogP contribution in [0.2, 0.25) is 0 Å². The third-order valence-corrected chi connectivity index (χ3v) is 3.97. The Hall–Kier alpha value is -1.92. The van der Waals surface area contributed by atoms with Crippen molar-refractivity contribution in [1.82, 2.24) is 14.5 Å². The lowest BCUT2D eigenvalue weighted by atomic mass is 10.2. The normalized spacial score (nSPS) is 11.5. The minimum absolute atomic E-state index is 0.150. The number of aromatic nitrogens is 2. The Bertz CT molecular complexity index is 647. The van der Waals surface area contributed by atoms with E-state index in [0.29, 0.717) is 11.3 Å². The number of aryl methyl sites for hydroxylation is 1. The maximum absolute atomic E-state index is 11.0. The Morgan fingerprint density at radius 2 is 2.05 bits per heavy atom. The van der Waals surface area contributed by atoms with E-state index in [1.54, 1.807) is 18.2 Å². The fourth-order valence-electron chi connectivity index (χ4n) is 2.68. The number of fused-ring (bicyclic) bond motifs is 1. The summed E-state index contributed by atoms with van der Waals surface area (Å²) in [7, 11) is 0. The smallest absolute Gasteiger partial charge is 0.335 e. The maximum Gasteiger partial charge on any atom is 0.335 e. The first-order valence-corrected chi connectivity index (χ1v) is 7.66. The van der Waals surface area contributed by atoms with Gasteiger partial charge in [0.1, 0.15) is 12.4 Å². The van der Waals surface area contributed by atoms with Crippen LogP contribution in [0, 0.1) is 0 Å². The fraction of sp³-hybridized carbons (Fsp3) is 0.500. The van der Waals surface area contributed by atoms with Gasteiger partial charge in [-0.25, -0.2) is 9.78 Å². The van der Waals surface area contributed by atoms with Crippen molar-refractivity contribution in [2.45, 2.75) is 33.4 Å². The average Bonchev–Trinajstić information content (AvgIpc) is 2.88. The molecule has 2 N–H and O–H groups in total. The van der Waals surface area contributed by atoms with E-state index in [1.165, 1.54) is 0 Å². The van der Waals surface area contributed by atoms with Gasteiger partial charge in [-0.1, -0.05) is 13.8 Å². The summed E-state index contributed by atoms with van der Waals surface area (Å²) in [5, 5.41) is 18.5. The molecule has 120 valence electrons. The Labute approximate surface area is 130 Å². The van der Waals surface area contributed by atoms with E-state index < -0.39 is 5.97 Å². The highest BCUT2D eigenvalue weighted by molar-refractivity contribution is 5.92. The van der Waals surface area contributed by atoms with Crippen LogP contribution in [0.25, 0.3) is 11.0 Å². The summed E-state index contributed by atoms with van der Waals surface area (Å²) in [4.78, 5) is 17.7. The van der Waals surface area contributed by atoms with Gasteiger partial charge in [-0.3, -0.25) is 0 Å². The van der Waals surface area contributed by atoms with Gasteiger partial charge in [0.05, 0.1) is 16.6 Å². The number of carboxylic acids is 1. The molecule has 0 atom stereocenters. The lowest BCUT2D eigenvalue weighted by molar-refractivity contribution is 0.0697. The molecule has 1 aromatic carbocycles. The topological polar surface area (TPSA) is 78.6 Å². The SMILES string of the molecule is CCN(CC)CCCn1c(CO)nc2cc(C(=O)O)ccc21. The van der Waals surface area contributed by atoms with Crippen molar-refractivity contribution in [3.8, 4) is 0 Å². The fourth-order valence-corrected chi connectivity index (χ4v) is 2.68. The van der Waals surface area contributed by atoms with E-state index in [4.69, 9.17) is 5.11 Å². The van der Waals surface area contributed by atoms with Crippen molar-refractivity contribution in [2.24, 2.45) is 0 Å². The van der Waals surface area contributed by atoms with Gasteiger partial charge in [0.2, 0.25) is 0 Å². The van der Waals surface area contributed by atoms with Gasteiger partial charge in [-0.05, 0) is 44.3 Å². The van der Waals surface area contributed by atoms with E-state index in [1.807, 2.05) is 4.57 Å². The molecule has 0 aliphatic rings. The van der Waals surface area contributed by atoms with Crippen LogP contribution in [-0.2, 0) is 13.2 Å². The number of carboxylic acid groups (broad SMARTS) is 1. The Morgan fingerprint density at radius 3 is 2.64 bits per heavy atom. The molecule has 22 heavy (non-hydrogen) atoms. The van der Waals surface area contributed by atoms with Crippen molar-refractivity contribution < 1.29 is 15.0 Å². The van der Waals surface area contributed by atoms with Crippen LogP contribution in [-0.4, -0.2) is 50.3 Å². The summed E-state index contributed by atoms with van der Waals surface area (Å²) >= 11 is 0. The molecule has 0 fully saturated rings. The van der Waals surface area contributed by atoms with E-state index in [-0.39, 0.29) is 12.2 Å². The molecule has 0 bridgehead atoms. The molecule has 0 saturated heterocycles. The van der Waals surface area contributed by atoms with Gasteiger partial charge in [0.25, 0.3) is 0 Å². The summed E-state index contributed by atoms with van der Waals surface area (Å²) in [6.07, 6.45) is 0.959. The molecule has 1 aromatic heterocycles. The van der Waals surface area contributed by atoms with Crippen LogP contribution in [0.5, 0.6) is 0 Å². The third kappa shape index (κ3) is 3.45. The van der Waals surface area contributed by atoms with Gasteiger partial charge < -0.3 is 19.7 Å². The van der Waals surface area contributed by atoms with E-state index in [0.717, 1.165) is 38.1 Å². The lowest BCUT2D eigenvalue weighted by Crippen LogP contribution is -2.25. The first kappa shape index (κ1) is 16.5. The van der Waals surface area contributed by atoms with Crippen molar-refractivity contribution >= 4 is 17.0 Å². The molecule has 0 radical (unpaired) electrons. The minimum atomic E-state index is -0.969. The summed E-state index contributed by atoms with van der Waals surface area (Å²) < 4.78 is 1.98. The number of imidazole rings is 1. The number of rotatable bonds is 8. The largest absolute Gasteiger partial charge is 0.478 e. The first-order chi connectivity index (χ1) is 10.6. The number of carbonyl (C=O) groups is 1. The molecule has 0 saturated carbocycles. The predicted octanol–water partition coefficient (Wildman–Crippen LogP) is 1.96. The second kappa shape index (κ2) is 7.38. The number of hydrogen-bond donors (Lipinski definition) is 2. The van der Waals surface area contributed by atoms with Crippen LogP contribution in [0.3, 0.4) is 0 Å². The van der Waals surface area contributed by atoms with Crippen molar-refractivity contribution in [1.29, 1.82) is 0 Å². The molecule has 1 heterocycles. The van der Waals surface area contributed by atoms with E-state index >= 15 is 0 Å². The van der Waals surface area contributed by atoms with Crippen LogP contribution in [0.1, 0.15) is 36.5 Å². The Balaban J connectivity index is 2.22. The Morgan fingerprint density at radius 1 is 1.32 bits per heavy atom. The number of aliphatic hydroxyl groups excluding tert-OH is 1. The number of aromatic carboxylic acids is 1. The molecule has 0 aliphatic carbocycles. The second-order valence-electron chi connectivity index (χ2n) is 5.23. The summed E-state index contributed by atoms with van der Waals surface area (Å²) in [6, 6.07) is 4.90. The molecule has 0 amide bonds. The van der Waals surface area contributed by atoms with Gasteiger partial charge >= 0.3 is 5.97 Å². The maximum atomic E-state index is 11.0. The predicted molar refractivity (Wildman–Crippen MR) is 85.0 cm³/mol. The highest BCUT2D eigenvalue weighted by atomic mass is 16.4. The Kier molecular flexibility index (Phi) is 5.51. The highest BCUT2D eigenvalue weighted by Gasteiger charge is 2.12. The molecule has 6 heteroatoms. The molecule has 0 unspecified atom stereocenters. The van der Waals surface area contributed by atoms with Crippen LogP contribution < -0.4 is 0 Å². The molecule has 2 aromatic rings. The molecular weight excluding hydrogens is 282 g/mol. The van der Waals surface area contributed by atoms with E-state index in [9.17, 15) is 9.90 Å². The first-order valence-electron chi connectivity index (χ1n) is 7.66. The van der Waals surface area contributed by atoms with Crippen molar-refractivity contribution in [3.63, 3.8) is 0 Å². The zero-order valence-electron chi connectivity index (χ0n) is 13.1. The van der Waals surface area contributed by atoms with Gasteiger partial charge in [0.15, 0.2) is 0 Å².